The van der Waals surface area contributed by atoms with Crippen molar-refractivity contribution in [3.05, 3.63) is 63.6 Å². The molecule has 0 amide bonds. The zero-order valence-corrected chi connectivity index (χ0v) is 27.1. The van der Waals surface area contributed by atoms with Gasteiger partial charge in [0.25, 0.3) is 0 Å². The van der Waals surface area contributed by atoms with Crippen molar-refractivity contribution in [1.29, 1.82) is 0 Å². The zero-order valence-electron chi connectivity index (χ0n) is 25.6. The number of hydrogen-bond donors (Lipinski definition) is 1. The largest absolute Gasteiger partial charge is 0.491 e. The summed E-state index contributed by atoms with van der Waals surface area (Å²) in [7, 11) is 0. The van der Waals surface area contributed by atoms with Gasteiger partial charge in [0.05, 0.1) is 22.2 Å². The van der Waals surface area contributed by atoms with Crippen LogP contribution < -0.4 is 10.1 Å². The highest BCUT2D eigenvalue weighted by molar-refractivity contribution is 6.42. The van der Waals surface area contributed by atoms with Crippen molar-refractivity contribution in [3.63, 3.8) is 0 Å². The SMILES string of the molecule is CC(C)Oc1cccc(CC(=O)C2CC(CCN3CCC(N4CCCCC4)CC3)(c3ccc(Cl)c(Cl)c3)CCCN2)c1. The van der Waals surface area contributed by atoms with E-state index in [4.69, 9.17) is 27.9 Å². The second kappa shape index (κ2) is 14.9. The number of rotatable bonds is 10. The average molecular weight is 615 g/mol. The third-order valence-corrected chi connectivity index (χ3v) is 10.5. The minimum Gasteiger partial charge on any atom is -0.491 e. The molecule has 3 aliphatic heterocycles. The summed E-state index contributed by atoms with van der Waals surface area (Å²) in [5.41, 5.74) is 2.08. The van der Waals surface area contributed by atoms with Crippen molar-refractivity contribution < 1.29 is 9.53 Å². The summed E-state index contributed by atoms with van der Waals surface area (Å²) in [5.74, 6) is 1.06. The van der Waals surface area contributed by atoms with Crippen molar-refractivity contribution in [1.82, 2.24) is 15.1 Å². The van der Waals surface area contributed by atoms with Crippen LogP contribution in [0.25, 0.3) is 0 Å². The molecule has 0 saturated carbocycles. The number of Topliss-reactive ketones (excluding diaryl/α,β-unsaturated/α-hetero) is 1. The van der Waals surface area contributed by atoms with E-state index >= 15 is 0 Å². The topological polar surface area (TPSA) is 44.8 Å². The smallest absolute Gasteiger partial charge is 0.154 e. The number of carbonyl (C=O) groups is 1. The van der Waals surface area contributed by atoms with Crippen molar-refractivity contribution in [2.75, 3.05) is 39.3 Å². The van der Waals surface area contributed by atoms with Gasteiger partial charge in [-0.2, -0.15) is 0 Å². The fourth-order valence-corrected chi connectivity index (χ4v) is 7.74. The third-order valence-electron chi connectivity index (χ3n) is 9.76. The Kier molecular flexibility index (Phi) is 11.3. The van der Waals surface area contributed by atoms with Crippen LogP contribution in [0.15, 0.2) is 42.5 Å². The molecule has 7 heteroatoms. The monoisotopic (exact) mass is 613 g/mol. The molecule has 0 bridgehead atoms. The predicted molar refractivity (Wildman–Crippen MR) is 174 cm³/mol. The maximum absolute atomic E-state index is 13.8. The summed E-state index contributed by atoms with van der Waals surface area (Å²) >= 11 is 13.0. The molecule has 3 saturated heterocycles. The molecule has 5 rings (SSSR count). The van der Waals surface area contributed by atoms with Gasteiger partial charge in [0.2, 0.25) is 0 Å². The highest BCUT2D eigenvalue weighted by atomic mass is 35.5. The molecule has 2 aromatic rings. The highest BCUT2D eigenvalue weighted by Crippen LogP contribution is 2.42. The molecule has 0 spiro atoms. The Bertz CT molecular complexity index is 1180. The standard InChI is InChI=1S/C35H49Cl2N3O2/c1-26(2)42-30-9-6-8-27(22-30)23-34(41)33-25-35(14-7-16-38-33,28-10-11-31(36)32(37)24-28)15-21-39-19-12-29(13-20-39)40-17-4-3-5-18-40/h6,8-11,22,24,26,29,33,38H,3-5,7,12-21,23,25H2,1-2H3. The van der Waals surface area contributed by atoms with E-state index in [1.54, 1.807) is 0 Å². The summed E-state index contributed by atoms with van der Waals surface area (Å²) in [6.07, 6.45) is 11.0. The molecule has 3 aliphatic rings. The molecule has 2 atom stereocenters. The molecule has 42 heavy (non-hydrogen) atoms. The Hall–Kier alpha value is -1.63. The number of ketones is 1. The van der Waals surface area contributed by atoms with Gasteiger partial charge in [0, 0.05) is 12.5 Å². The van der Waals surface area contributed by atoms with Crippen LogP contribution in [0, 0.1) is 0 Å². The van der Waals surface area contributed by atoms with Gasteiger partial charge in [-0.1, -0.05) is 47.8 Å². The second-order valence-electron chi connectivity index (χ2n) is 13.1. The van der Waals surface area contributed by atoms with Gasteiger partial charge in [-0.3, -0.25) is 4.79 Å². The van der Waals surface area contributed by atoms with E-state index in [0.29, 0.717) is 16.5 Å². The van der Waals surface area contributed by atoms with Gasteiger partial charge in [-0.05, 0) is 145 Å². The summed E-state index contributed by atoms with van der Waals surface area (Å²) in [6, 6.07) is 14.7. The number of hydrogen-bond acceptors (Lipinski definition) is 5. The summed E-state index contributed by atoms with van der Waals surface area (Å²) in [5, 5.41) is 4.80. The van der Waals surface area contributed by atoms with Crippen molar-refractivity contribution in [2.45, 2.75) is 102 Å². The van der Waals surface area contributed by atoms with Crippen LogP contribution in [0.3, 0.4) is 0 Å². The van der Waals surface area contributed by atoms with Crippen LogP contribution in [0.4, 0.5) is 0 Å². The first-order valence-electron chi connectivity index (χ1n) is 16.2. The second-order valence-corrected chi connectivity index (χ2v) is 13.9. The number of nitrogens with zero attached hydrogens (tertiary/aromatic N) is 2. The van der Waals surface area contributed by atoms with Gasteiger partial charge in [0.1, 0.15) is 5.75 Å². The van der Waals surface area contributed by atoms with E-state index in [1.165, 1.54) is 50.8 Å². The molecular formula is C35H49Cl2N3O2. The lowest BCUT2D eigenvalue weighted by Crippen LogP contribution is -2.48. The van der Waals surface area contributed by atoms with E-state index in [2.05, 4.69) is 27.2 Å². The lowest BCUT2D eigenvalue weighted by molar-refractivity contribution is -0.120. The minimum atomic E-state index is -0.207. The van der Waals surface area contributed by atoms with E-state index in [1.807, 2.05) is 44.2 Å². The Morgan fingerprint density at radius 2 is 1.79 bits per heavy atom. The molecule has 2 aromatic carbocycles. The zero-order chi connectivity index (χ0) is 29.5. The lowest BCUT2D eigenvalue weighted by Gasteiger charge is -2.42. The third kappa shape index (κ3) is 8.30. The quantitative estimate of drug-likeness (QED) is 0.304. The first-order chi connectivity index (χ1) is 20.3. The maximum atomic E-state index is 13.8. The number of likely N-dealkylation sites (tertiary alicyclic amines) is 2. The van der Waals surface area contributed by atoms with E-state index in [-0.39, 0.29) is 23.3 Å². The summed E-state index contributed by atoms with van der Waals surface area (Å²) in [6.45, 7) is 10.8. The van der Waals surface area contributed by atoms with E-state index < -0.39 is 0 Å². The molecule has 2 unspecified atom stereocenters. The Balaban J connectivity index is 1.29. The number of piperidine rings is 2. The van der Waals surface area contributed by atoms with Crippen molar-refractivity contribution in [2.24, 2.45) is 0 Å². The molecule has 3 heterocycles. The number of nitrogens with one attached hydrogen (secondary N) is 1. The minimum absolute atomic E-state index is 0.0989. The molecule has 0 radical (unpaired) electrons. The van der Waals surface area contributed by atoms with Crippen LogP contribution >= 0.6 is 23.2 Å². The van der Waals surface area contributed by atoms with Crippen LogP contribution in [0.1, 0.15) is 82.8 Å². The van der Waals surface area contributed by atoms with Gasteiger partial charge in [-0.15, -0.1) is 0 Å². The van der Waals surface area contributed by atoms with Crippen LogP contribution in [0.5, 0.6) is 5.75 Å². The van der Waals surface area contributed by atoms with Crippen molar-refractivity contribution >= 4 is 29.0 Å². The fraction of sp³-hybridized carbons (Fsp3) is 0.629. The molecule has 230 valence electrons. The molecule has 5 nitrogen and oxygen atoms in total. The van der Waals surface area contributed by atoms with Crippen molar-refractivity contribution in [3.8, 4) is 5.75 Å². The van der Waals surface area contributed by atoms with E-state index in [0.717, 1.165) is 69.2 Å². The van der Waals surface area contributed by atoms with E-state index in [9.17, 15) is 4.79 Å². The Labute approximate surface area is 263 Å². The number of benzene rings is 2. The predicted octanol–water partition coefficient (Wildman–Crippen LogP) is 7.31. The number of ether oxygens (including phenoxy) is 1. The average Bonchev–Trinajstić information content (AvgIpc) is 3.22. The molecule has 3 fully saturated rings. The molecule has 0 aliphatic carbocycles. The lowest BCUT2D eigenvalue weighted by atomic mass is 9.69. The highest BCUT2D eigenvalue weighted by Gasteiger charge is 2.39. The molecule has 1 N–H and O–H groups in total. The van der Waals surface area contributed by atoms with Crippen LogP contribution in [-0.4, -0.2) is 73.0 Å². The van der Waals surface area contributed by atoms with Gasteiger partial charge >= 0.3 is 0 Å². The van der Waals surface area contributed by atoms with Gasteiger partial charge in [-0.25, -0.2) is 0 Å². The molecular weight excluding hydrogens is 565 g/mol. The van der Waals surface area contributed by atoms with Gasteiger partial charge < -0.3 is 19.9 Å². The number of carbonyl (C=O) groups excluding carboxylic acids is 1. The maximum Gasteiger partial charge on any atom is 0.154 e. The van der Waals surface area contributed by atoms with Crippen LogP contribution in [-0.2, 0) is 16.6 Å². The summed E-state index contributed by atoms with van der Waals surface area (Å²) in [4.78, 5) is 19.2. The first kappa shape index (κ1) is 31.8. The van der Waals surface area contributed by atoms with Crippen LogP contribution in [0.2, 0.25) is 10.0 Å². The molecule has 0 aromatic heterocycles. The Morgan fingerprint density at radius 1 is 1.00 bits per heavy atom. The normalized spacial score (nSPS) is 24.9. The Morgan fingerprint density at radius 3 is 2.52 bits per heavy atom. The summed E-state index contributed by atoms with van der Waals surface area (Å²) < 4.78 is 5.89. The number of halogens is 2. The first-order valence-corrected chi connectivity index (χ1v) is 17.0. The van der Waals surface area contributed by atoms with Gasteiger partial charge in [0.15, 0.2) is 5.78 Å². The fourth-order valence-electron chi connectivity index (χ4n) is 7.44.